The number of carbonyl (C=O) groups excluding carboxylic acids is 2. The molecule has 0 bridgehead atoms. The normalized spacial score (nSPS) is 20.1. The predicted octanol–water partition coefficient (Wildman–Crippen LogP) is 1.49. The smallest absolute Gasteiger partial charge is 0.276 e. The van der Waals surface area contributed by atoms with Crippen LogP contribution in [-0.4, -0.2) is 18.4 Å². The molecule has 2 rings (SSSR count). The zero-order valence-electron chi connectivity index (χ0n) is 12.0. The van der Waals surface area contributed by atoms with Crippen molar-refractivity contribution in [2.24, 2.45) is 11.8 Å². The SMILES string of the molecule is Cc1cccc(C)c1OCC(=O)NNC(=O)[C@@H]1C[C@@H]1C. The van der Waals surface area contributed by atoms with Gasteiger partial charge in [-0.1, -0.05) is 25.1 Å². The highest BCUT2D eigenvalue weighted by Crippen LogP contribution is 2.37. The minimum Gasteiger partial charge on any atom is -0.483 e. The summed E-state index contributed by atoms with van der Waals surface area (Å²) in [5.41, 5.74) is 6.75. The summed E-state index contributed by atoms with van der Waals surface area (Å²) in [6, 6.07) is 5.79. The van der Waals surface area contributed by atoms with Gasteiger partial charge in [-0.15, -0.1) is 0 Å². The molecule has 0 radical (unpaired) electrons. The summed E-state index contributed by atoms with van der Waals surface area (Å²) in [4.78, 5) is 23.2. The van der Waals surface area contributed by atoms with Crippen LogP contribution in [0.2, 0.25) is 0 Å². The van der Waals surface area contributed by atoms with E-state index < -0.39 is 0 Å². The highest BCUT2D eigenvalue weighted by atomic mass is 16.5. The van der Waals surface area contributed by atoms with Gasteiger partial charge in [0.1, 0.15) is 5.75 Å². The van der Waals surface area contributed by atoms with Gasteiger partial charge in [0, 0.05) is 5.92 Å². The van der Waals surface area contributed by atoms with E-state index in [1.54, 1.807) is 0 Å². The number of rotatable bonds is 4. The Hall–Kier alpha value is -2.04. The third-order valence-electron chi connectivity index (χ3n) is 3.53. The van der Waals surface area contributed by atoms with E-state index in [9.17, 15) is 9.59 Å². The maximum absolute atomic E-state index is 11.6. The van der Waals surface area contributed by atoms with Gasteiger partial charge in [-0.25, -0.2) is 0 Å². The first kappa shape index (κ1) is 14.4. The van der Waals surface area contributed by atoms with E-state index >= 15 is 0 Å². The fourth-order valence-electron chi connectivity index (χ4n) is 2.11. The summed E-state index contributed by atoms with van der Waals surface area (Å²) in [6.07, 6.45) is 0.889. The van der Waals surface area contributed by atoms with Crippen LogP contribution >= 0.6 is 0 Å². The van der Waals surface area contributed by atoms with Gasteiger partial charge in [-0.3, -0.25) is 20.4 Å². The van der Waals surface area contributed by atoms with Crippen molar-refractivity contribution in [3.05, 3.63) is 29.3 Å². The van der Waals surface area contributed by atoms with Crippen LogP contribution in [0.25, 0.3) is 0 Å². The molecule has 2 N–H and O–H groups in total. The summed E-state index contributed by atoms with van der Waals surface area (Å²) in [6.45, 7) is 5.75. The van der Waals surface area contributed by atoms with Gasteiger partial charge >= 0.3 is 0 Å². The third-order valence-corrected chi connectivity index (χ3v) is 3.53. The molecule has 2 amide bonds. The van der Waals surface area contributed by atoms with Crippen molar-refractivity contribution in [3.8, 4) is 5.75 Å². The molecule has 1 aliphatic rings. The van der Waals surface area contributed by atoms with E-state index in [0.29, 0.717) is 11.7 Å². The third kappa shape index (κ3) is 3.50. The number of para-hydroxylation sites is 1. The summed E-state index contributed by atoms with van der Waals surface area (Å²) >= 11 is 0. The van der Waals surface area contributed by atoms with Crippen molar-refractivity contribution in [1.29, 1.82) is 0 Å². The molecule has 1 aromatic rings. The molecule has 20 heavy (non-hydrogen) atoms. The molecular formula is C15H20N2O3. The molecule has 1 fully saturated rings. The van der Waals surface area contributed by atoms with E-state index in [1.807, 2.05) is 39.0 Å². The lowest BCUT2D eigenvalue weighted by Crippen LogP contribution is -2.44. The van der Waals surface area contributed by atoms with Crippen LogP contribution in [0.15, 0.2) is 18.2 Å². The van der Waals surface area contributed by atoms with E-state index in [4.69, 9.17) is 4.74 Å². The molecule has 2 atom stereocenters. The molecule has 0 spiro atoms. The average Bonchev–Trinajstić information content (AvgIpc) is 3.12. The maximum atomic E-state index is 11.6. The highest BCUT2D eigenvalue weighted by Gasteiger charge is 2.39. The summed E-state index contributed by atoms with van der Waals surface area (Å²) in [5, 5.41) is 0. The van der Waals surface area contributed by atoms with Gasteiger partial charge in [-0.2, -0.15) is 0 Å². The van der Waals surface area contributed by atoms with Gasteiger partial charge in [0.25, 0.3) is 5.91 Å². The van der Waals surface area contributed by atoms with Crippen LogP contribution in [0, 0.1) is 25.7 Å². The number of ether oxygens (including phenoxy) is 1. The lowest BCUT2D eigenvalue weighted by molar-refractivity contribution is -0.130. The molecule has 108 valence electrons. The monoisotopic (exact) mass is 276 g/mol. The number of carbonyl (C=O) groups is 2. The minimum atomic E-state index is -0.366. The number of hydrazine groups is 1. The first-order valence-electron chi connectivity index (χ1n) is 6.76. The quantitative estimate of drug-likeness (QED) is 0.819. The van der Waals surface area contributed by atoms with Gasteiger partial charge in [0.15, 0.2) is 6.61 Å². The number of hydrogen-bond donors (Lipinski definition) is 2. The van der Waals surface area contributed by atoms with Crippen molar-refractivity contribution in [2.45, 2.75) is 27.2 Å². The standard InChI is InChI=1S/C15H20N2O3/c1-9-5-4-6-10(2)14(9)20-8-13(18)16-17-15(19)12-7-11(12)3/h4-6,11-12H,7-8H2,1-3H3,(H,16,18)(H,17,19)/t11-,12+/m0/s1. The van der Waals surface area contributed by atoms with Gasteiger partial charge < -0.3 is 4.74 Å². The first-order chi connectivity index (χ1) is 9.49. The van der Waals surface area contributed by atoms with Crippen LogP contribution in [0.5, 0.6) is 5.75 Å². The molecule has 0 saturated heterocycles. The molecule has 5 nitrogen and oxygen atoms in total. The van der Waals surface area contributed by atoms with Gasteiger partial charge in [-0.05, 0) is 37.3 Å². The number of nitrogens with one attached hydrogen (secondary N) is 2. The van der Waals surface area contributed by atoms with Crippen molar-refractivity contribution >= 4 is 11.8 Å². The molecule has 1 aromatic carbocycles. The Bertz CT molecular complexity index is 508. The Kier molecular flexibility index (Phi) is 4.27. The number of hydrogen-bond acceptors (Lipinski definition) is 3. The summed E-state index contributed by atoms with van der Waals surface area (Å²) in [5.74, 6) is 0.671. The number of amides is 2. The van der Waals surface area contributed by atoms with Crippen LogP contribution < -0.4 is 15.6 Å². The van der Waals surface area contributed by atoms with Gasteiger partial charge in [0.2, 0.25) is 5.91 Å². The fraction of sp³-hybridized carbons (Fsp3) is 0.467. The largest absolute Gasteiger partial charge is 0.483 e. The summed E-state index contributed by atoms with van der Waals surface area (Å²) < 4.78 is 5.50. The van der Waals surface area contributed by atoms with Crippen molar-refractivity contribution in [1.82, 2.24) is 10.9 Å². The van der Waals surface area contributed by atoms with E-state index in [0.717, 1.165) is 17.5 Å². The van der Waals surface area contributed by atoms with E-state index in [1.165, 1.54) is 0 Å². The zero-order valence-corrected chi connectivity index (χ0v) is 12.0. The van der Waals surface area contributed by atoms with E-state index in [-0.39, 0.29) is 24.3 Å². The van der Waals surface area contributed by atoms with Crippen molar-refractivity contribution in [3.63, 3.8) is 0 Å². The number of aryl methyl sites for hydroxylation is 2. The van der Waals surface area contributed by atoms with Crippen LogP contribution in [0.1, 0.15) is 24.5 Å². The molecule has 0 heterocycles. The van der Waals surface area contributed by atoms with E-state index in [2.05, 4.69) is 10.9 Å². The molecule has 0 aliphatic heterocycles. The topological polar surface area (TPSA) is 67.4 Å². The molecular weight excluding hydrogens is 256 g/mol. The highest BCUT2D eigenvalue weighted by molar-refractivity contribution is 5.85. The second-order valence-electron chi connectivity index (χ2n) is 5.37. The molecule has 1 saturated carbocycles. The lowest BCUT2D eigenvalue weighted by Gasteiger charge is -2.12. The predicted molar refractivity (Wildman–Crippen MR) is 75.0 cm³/mol. The molecule has 1 aliphatic carbocycles. The van der Waals surface area contributed by atoms with Gasteiger partial charge in [0.05, 0.1) is 0 Å². The Morgan fingerprint density at radius 2 is 1.85 bits per heavy atom. The van der Waals surface area contributed by atoms with Crippen LogP contribution in [0.3, 0.4) is 0 Å². The Morgan fingerprint density at radius 3 is 2.40 bits per heavy atom. The molecule has 0 aromatic heterocycles. The fourth-order valence-corrected chi connectivity index (χ4v) is 2.11. The Labute approximate surface area is 118 Å². The summed E-state index contributed by atoms with van der Waals surface area (Å²) in [7, 11) is 0. The first-order valence-corrected chi connectivity index (χ1v) is 6.76. The molecule has 0 unspecified atom stereocenters. The van der Waals surface area contributed by atoms with Crippen LogP contribution in [0.4, 0.5) is 0 Å². The minimum absolute atomic E-state index is 0.0369. The lowest BCUT2D eigenvalue weighted by atomic mass is 10.1. The second kappa shape index (κ2) is 5.94. The molecule has 5 heteroatoms. The Balaban J connectivity index is 1.76. The average molecular weight is 276 g/mol. The van der Waals surface area contributed by atoms with Crippen molar-refractivity contribution in [2.75, 3.05) is 6.61 Å². The van der Waals surface area contributed by atoms with Crippen LogP contribution in [-0.2, 0) is 9.59 Å². The zero-order chi connectivity index (χ0) is 14.7. The van der Waals surface area contributed by atoms with Crippen molar-refractivity contribution < 1.29 is 14.3 Å². The maximum Gasteiger partial charge on any atom is 0.276 e. The number of benzene rings is 1. The second-order valence-corrected chi connectivity index (χ2v) is 5.37. The Morgan fingerprint density at radius 1 is 1.25 bits per heavy atom.